The summed E-state index contributed by atoms with van der Waals surface area (Å²) in [7, 11) is 0. The van der Waals surface area contributed by atoms with Crippen molar-refractivity contribution in [2.45, 2.75) is 6.92 Å². The van der Waals surface area contributed by atoms with Crippen LogP contribution in [-0.2, 0) is 0 Å². The van der Waals surface area contributed by atoms with Gasteiger partial charge in [0.05, 0.1) is 0 Å². The van der Waals surface area contributed by atoms with Crippen LogP contribution in [0.4, 0.5) is 0 Å². The summed E-state index contributed by atoms with van der Waals surface area (Å²) in [5.74, 6) is 0. The molecule has 1 heterocycles. The molecule has 0 unspecified atom stereocenters. The molecule has 3 aromatic carbocycles. The molecule has 0 aliphatic heterocycles. The molecule has 4 aromatic rings. The van der Waals surface area contributed by atoms with Gasteiger partial charge >= 0.3 is 0 Å². The zero-order chi connectivity index (χ0) is 16.5. The summed E-state index contributed by atoms with van der Waals surface area (Å²) in [4.78, 5) is 0. The molecule has 1 heteroatoms. The second kappa shape index (κ2) is 6.10. The summed E-state index contributed by atoms with van der Waals surface area (Å²) in [5, 5.41) is 2.69. The van der Waals surface area contributed by atoms with Crippen LogP contribution in [0.5, 0.6) is 0 Å². The molecule has 0 N–H and O–H groups in total. The zero-order valence-corrected chi connectivity index (χ0v) is 14.4. The van der Waals surface area contributed by atoms with Gasteiger partial charge in [0.15, 0.2) is 0 Å². The van der Waals surface area contributed by atoms with Crippen LogP contribution < -0.4 is 0 Å². The first kappa shape index (κ1) is 14.9. The highest BCUT2D eigenvalue weighted by Crippen LogP contribution is 2.36. The van der Waals surface area contributed by atoms with Gasteiger partial charge in [-0.2, -0.15) is 0 Å². The molecule has 0 amide bonds. The van der Waals surface area contributed by atoms with Gasteiger partial charge in [-0.1, -0.05) is 67.3 Å². The second-order valence-corrected chi connectivity index (χ2v) is 6.92. The van der Waals surface area contributed by atoms with E-state index in [9.17, 15) is 0 Å². The Kier molecular flexibility index (Phi) is 3.79. The lowest BCUT2D eigenvalue weighted by Crippen LogP contribution is -1.82. The standard InChI is InChI=1S/C23H18S/c1-3-16(4-2)17-9-11-18(12-10-17)19-13-14-23-21(15-19)20-7-5-6-8-22(20)24-23/h3-15H,1H2,2H3/b16-4-. The van der Waals surface area contributed by atoms with Crippen LogP contribution in [0.15, 0.2) is 85.5 Å². The number of thiophene rings is 1. The average molecular weight is 326 g/mol. The van der Waals surface area contributed by atoms with E-state index in [0.717, 1.165) is 0 Å². The summed E-state index contributed by atoms with van der Waals surface area (Å²) in [6.07, 6.45) is 3.99. The normalized spacial score (nSPS) is 12.0. The summed E-state index contributed by atoms with van der Waals surface area (Å²) in [6.45, 7) is 5.92. The molecule has 0 saturated heterocycles. The third-order valence-electron chi connectivity index (χ3n) is 4.46. The first-order chi connectivity index (χ1) is 11.8. The van der Waals surface area contributed by atoms with Crippen LogP contribution in [0.2, 0.25) is 0 Å². The van der Waals surface area contributed by atoms with Crippen molar-refractivity contribution in [3.63, 3.8) is 0 Å². The molecule has 4 rings (SSSR count). The van der Waals surface area contributed by atoms with E-state index in [-0.39, 0.29) is 0 Å². The third-order valence-corrected chi connectivity index (χ3v) is 5.61. The minimum Gasteiger partial charge on any atom is -0.135 e. The SMILES string of the molecule is C=C/C(=C/C)c1ccc(-c2ccc3sc4ccccc4c3c2)cc1. The van der Waals surface area contributed by atoms with Crippen LogP contribution in [0, 0.1) is 0 Å². The van der Waals surface area contributed by atoms with E-state index >= 15 is 0 Å². The monoisotopic (exact) mass is 326 g/mol. The number of rotatable bonds is 3. The van der Waals surface area contributed by atoms with Gasteiger partial charge in [-0.25, -0.2) is 0 Å². The minimum absolute atomic E-state index is 1.17. The third kappa shape index (κ3) is 2.47. The molecule has 116 valence electrons. The Morgan fingerprint density at radius 1 is 0.833 bits per heavy atom. The van der Waals surface area contributed by atoms with Gasteiger partial charge in [0.25, 0.3) is 0 Å². The molecule has 24 heavy (non-hydrogen) atoms. The lowest BCUT2D eigenvalue weighted by Gasteiger charge is -2.06. The molecule has 1 aromatic heterocycles. The highest BCUT2D eigenvalue weighted by molar-refractivity contribution is 7.25. The van der Waals surface area contributed by atoms with Crippen molar-refractivity contribution >= 4 is 37.1 Å². The Bertz CT molecular complexity index is 1060. The first-order valence-corrected chi connectivity index (χ1v) is 8.92. The molecular weight excluding hydrogens is 308 g/mol. The van der Waals surface area contributed by atoms with Crippen molar-refractivity contribution in [1.82, 2.24) is 0 Å². The van der Waals surface area contributed by atoms with E-state index in [2.05, 4.69) is 79.4 Å². The molecule has 0 spiro atoms. The molecule has 0 fully saturated rings. The molecule has 0 aliphatic rings. The van der Waals surface area contributed by atoms with Gasteiger partial charge in [0.1, 0.15) is 0 Å². The van der Waals surface area contributed by atoms with Crippen LogP contribution in [0.1, 0.15) is 12.5 Å². The smallest absolute Gasteiger partial charge is 0.0355 e. The lowest BCUT2D eigenvalue weighted by atomic mass is 9.99. The van der Waals surface area contributed by atoms with Crippen molar-refractivity contribution < 1.29 is 0 Å². The van der Waals surface area contributed by atoms with Crippen molar-refractivity contribution in [2.75, 3.05) is 0 Å². The van der Waals surface area contributed by atoms with E-state index in [4.69, 9.17) is 0 Å². The van der Waals surface area contributed by atoms with Crippen LogP contribution >= 0.6 is 11.3 Å². The van der Waals surface area contributed by atoms with Crippen molar-refractivity contribution in [3.05, 3.63) is 91.0 Å². The Balaban J connectivity index is 1.81. The largest absolute Gasteiger partial charge is 0.135 e. The van der Waals surface area contributed by atoms with E-state index in [0.29, 0.717) is 0 Å². The van der Waals surface area contributed by atoms with Crippen LogP contribution in [0.25, 0.3) is 36.9 Å². The first-order valence-electron chi connectivity index (χ1n) is 8.11. The quantitative estimate of drug-likeness (QED) is 0.346. The maximum atomic E-state index is 3.88. The zero-order valence-electron chi connectivity index (χ0n) is 13.6. The fraction of sp³-hybridized carbons (Fsp3) is 0.0435. The number of fused-ring (bicyclic) bond motifs is 3. The molecule has 0 atom stereocenters. The Morgan fingerprint density at radius 3 is 2.29 bits per heavy atom. The van der Waals surface area contributed by atoms with Gasteiger partial charge in [-0.15, -0.1) is 11.3 Å². The number of hydrogen-bond donors (Lipinski definition) is 0. The molecule has 0 saturated carbocycles. The highest BCUT2D eigenvalue weighted by Gasteiger charge is 2.06. The Morgan fingerprint density at radius 2 is 1.54 bits per heavy atom. The lowest BCUT2D eigenvalue weighted by molar-refractivity contribution is 1.58. The predicted molar refractivity (Wildman–Crippen MR) is 109 cm³/mol. The highest BCUT2D eigenvalue weighted by atomic mass is 32.1. The molecule has 0 nitrogen and oxygen atoms in total. The maximum absolute atomic E-state index is 3.88. The van der Waals surface area contributed by atoms with Crippen molar-refractivity contribution in [1.29, 1.82) is 0 Å². The molecular formula is C23H18S. The Hall–Kier alpha value is -2.64. The van der Waals surface area contributed by atoms with E-state index in [1.807, 2.05) is 24.3 Å². The summed E-state index contributed by atoms with van der Waals surface area (Å²) >= 11 is 1.86. The van der Waals surface area contributed by atoms with Crippen molar-refractivity contribution in [2.24, 2.45) is 0 Å². The van der Waals surface area contributed by atoms with E-state index in [1.165, 1.54) is 42.4 Å². The average Bonchev–Trinajstić information content (AvgIpc) is 3.01. The van der Waals surface area contributed by atoms with Gasteiger partial charge in [0.2, 0.25) is 0 Å². The summed E-state index contributed by atoms with van der Waals surface area (Å²) < 4.78 is 2.70. The van der Waals surface area contributed by atoms with E-state index in [1.54, 1.807) is 0 Å². The fourth-order valence-corrected chi connectivity index (χ4v) is 4.25. The number of hydrogen-bond acceptors (Lipinski definition) is 1. The van der Waals surface area contributed by atoms with Gasteiger partial charge in [-0.3, -0.25) is 0 Å². The summed E-state index contributed by atoms with van der Waals surface area (Å²) in [5.41, 5.74) is 4.88. The number of allylic oxidation sites excluding steroid dienone is 3. The van der Waals surface area contributed by atoms with Gasteiger partial charge in [0, 0.05) is 20.2 Å². The maximum Gasteiger partial charge on any atom is 0.0355 e. The van der Waals surface area contributed by atoms with Gasteiger partial charge < -0.3 is 0 Å². The topological polar surface area (TPSA) is 0 Å². The summed E-state index contributed by atoms with van der Waals surface area (Å²) in [6, 6.07) is 24.1. The molecule has 0 aliphatic carbocycles. The Labute approximate surface area is 146 Å². The van der Waals surface area contributed by atoms with Crippen LogP contribution in [-0.4, -0.2) is 0 Å². The van der Waals surface area contributed by atoms with E-state index < -0.39 is 0 Å². The number of benzene rings is 3. The van der Waals surface area contributed by atoms with Gasteiger partial charge in [-0.05, 0) is 47.4 Å². The van der Waals surface area contributed by atoms with Crippen molar-refractivity contribution in [3.8, 4) is 11.1 Å². The fourth-order valence-electron chi connectivity index (χ4n) is 3.16. The molecule has 0 radical (unpaired) electrons. The molecule has 0 bridgehead atoms. The predicted octanol–water partition coefficient (Wildman–Crippen LogP) is 7.31. The van der Waals surface area contributed by atoms with Crippen LogP contribution in [0.3, 0.4) is 0 Å². The second-order valence-electron chi connectivity index (χ2n) is 5.83. The minimum atomic E-state index is 1.17.